The average Bonchev–Trinajstić information content (AvgIpc) is 2.38. The molecule has 0 atom stereocenters. The molecule has 0 amide bonds. The number of alkyl halides is 20. The lowest BCUT2D eigenvalue weighted by molar-refractivity contribution is -0.585. The predicted octanol–water partition coefficient (Wildman–Crippen LogP) is 6.28. The molecule has 0 saturated carbocycles. The average molecular weight is 552 g/mol. The van der Waals surface area contributed by atoms with Crippen LogP contribution >= 0.6 is 0 Å². The van der Waals surface area contributed by atoms with Crippen LogP contribution in [0, 0.1) is 0 Å². The SMILES string of the molecule is FC(F)(F)OC(F)(F)C(F)(F)OC(F)(F)C(F)(F)OC(F)(F)C(F)(F)OC(F)(F)C(F)(F)F. The van der Waals surface area contributed by atoms with Crippen molar-refractivity contribution in [2.24, 2.45) is 0 Å². The molecule has 0 aliphatic carbocycles. The minimum Gasteiger partial charge on any atom is -0.241 e. The van der Waals surface area contributed by atoms with Gasteiger partial charge in [0, 0.05) is 0 Å². The van der Waals surface area contributed by atoms with Crippen molar-refractivity contribution in [2.75, 3.05) is 0 Å². The van der Waals surface area contributed by atoms with Crippen LogP contribution in [0.1, 0.15) is 0 Å². The highest BCUT2D eigenvalue weighted by Crippen LogP contribution is 2.52. The topological polar surface area (TPSA) is 36.9 Å². The Morgan fingerprint density at radius 2 is 0.424 bits per heavy atom. The van der Waals surface area contributed by atoms with Gasteiger partial charge in [0.05, 0.1) is 0 Å². The van der Waals surface area contributed by atoms with Crippen LogP contribution in [0.5, 0.6) is 0 Å². The van der Waals surface area contributed by atoms with Crippen LogP contribution in [-0.2, 0) is 18.9 Å². The van der Waals surface area contributed by atoms with E-state index in [1.807, 2.05) is 0 Å². The second kappa shape index (κ2) is 8.28. The molecule has 0 heterocycles. The molecular formula is C9F20O4. The third kappa shape index (κ3) is 7.21. The number of halogens is 20. The standard InChI is InChI=1S/C9F20O4/c10-1(11,12)2(13,14)30-3(15,16)4(17,18)31-5(19,20)6(21,22)32-7(23,24)8(25,26)33-9(27,28)29. The molecule has 0 N–H and O–H groups in total. The zero-order valence-electron chi connectivity index (χ0n) is 13.7. The lowest BCUT2D eigenvalue weighted by atomic mass is 10.4. The highest BCUT2D eigenvalue weighted by atomic mass is 19.4. The van der Waals surface area contributed by atoms with E-state index in [2.05, 4.69) is 0 Å². The number of hydrogen-bond donors (Lipinski definition) is 0. The third-order valence-corrected chi connectivity index (χ3v) is 2.36. The molecule has 0 fully saturated rings. The van der Waals surface area contributed by atoms with E-state index in [9.17, 15) is 87.8 Å². The lowest BCUT2D eigenvalue weighted by Gasteiger charge is -2.35. The highest BCUT2D eigenvalue weighted by molar-refractivity contribution is 4.79. The van der Waals surface area contributed by atoms with Crippen molar-refractivity contribution in [1.82, 2.24) is 0 Å². The van der Waals surface area contributed by atoms with Crippen molar-refractivity contribution < 1.29 is 107 Å². The van der Waals surface area contributed by atoms with Crippen molar-refractivity contribution in [3.63, 3.8) is 0 Å². The summed E-state index contributed by atoms with van der Waals surface area (Å²) in [6.45, 7) is 0. The van der Waals surface area contributed by atoms with Gasteiger partial charge >= 0.3 is 55.3 Å². The lowest BCUT2D eigenvalue weighted by Crippen LogP contribution is -2.60. The number of rotatable bonds is 10. The summed E-state index contributed by atoms with van der Waals surface area (Å²) in [7, 11) is 0. The van der Waals surface area contributed by atoms with E-state index in [1.54, 1.807) is 0 Å². The number of ether oxygens (including phenoxy) is 4. The van der Waals surface area contributed by atoms with Gasteiger partial charge in [-0.1, -0.05) is 0 Å². The fraction of sp³-hybridized carbons (Fsp3) is 1.00. The van der Waals surface area contributed by atoms with Crippen LogP contribution in [0.15, 0.2) is 0 Å². The van der Waals surface area contributed by atoms with Crippen molar-refractivity contribution >= 4 is 0 Å². The van der Waals surface area contributed by atoms with Crippen molar-refractivity contribution in [3.8, 4) is 0 Å². The number of hydrogen-bond acceptors (Lipinski definition) is 4. The Balaban J connectivity index is 5.90. The van der Waals surface area contributed by atoms with Crippen LogP contribution in [0.3, 0.4) is 0 Å². The molecule has 0 saturated heterocycles. The summed E-state index contributed by atoms with van der Waals surface area (Å²) in [5.74, 6) is 0. The molecule has 4 nitrogen and oxygen atoms in total. The molecule has 0 unspecified atom stereocenters. The predicted molar refractivity (Wildman–Crippen MR) is 51.1 cm³/mol. The second-order valence-electron chi connectivity index (χ2n) is 4.97. The molecule has 0 aromatic carbocycles. The highest BCUT2D eigenvalue weighted by Gasteiger charge is 2.78. The summed E-state index contributed by atoms with van der Waals surface area (Å²) < 4.78 is 252. The van der Waals surface area contributed by atoms with Crippen molar-refractivity contribution in [3.05, 3.63) is 0 Å². The second-order valence-corrected chi connectivity index (χ2v) is 4.97. The smallest absolute Gasteiger partial charge is 0.241 e. The van der Waals surface area contributed by atoms with Gasteiger partial charge in [-0.3, -0.25) is 0 Å². The maximum absolute atomic E-state index is 12.9. The molecule has 24 heteroatoms. The maximum Gasteiger partial charge on any atom is 0.527 e. The van der Waals surface area contributed by atoms with Gasteiger partial charge in [0.15, 0.2) is 0 Å². The van der Waals surface area contributed by atoms with Gasteiger partial charge in [-0.25, -0.2) is 18.9 Å². The Labute approximate surface area is 163 Å². The molecule has 0 rings (SSSR count). The first kappa shape index (κ1) is 31.4. The van der Waals surface area contributed by atoms with E-state index >= 15 is 0 Å². The summed E-state index contributed by atoms with van der Waals surface area (Å²) in [6.07, 6.45) is -67.2. The summed E-state index contributed by atoms with van der Waals surface area (Å²) >= 11 is 0. The van der Waals surface area contributed by atoms with Crippen LogP contribution in [-0.4, -0.2) is 55.3 Å². The molecule has 0 radical (unpaired) electrons. The fourth-order valence-corrected chi connectivity index (χ4v) is 1.04. The summed E-state index contributed by atoms with van der Waals surface area (Å²) in [4.78, 5) is 0. The molecule has 0 aromatic rings. The molecule has 0 aromatic heterocycles. The van der Waals surface area contributed by atoms with Crippen molar-refractivity contribution in [2.45, 2.75) is 55.3 Å². The Morgan fingerprint density at radius 3 is 0.606 bits per heavy atom. The molecular weight excluding hydrogens is 552 g/mol. The molecule has 0 aliphatic heterocycles. The monoisotopic (exact) mass is 552 g/mol. The van der Waals surface area contributed by atoms with Crippen LogP contribution in [0.2, 0.25) is 0 Å². The van der Waals surface area contributed by atoms with Crippen LogP contribution in [0.4, 0.5) is 87.8 Å². The van der Waals surface area contributed by atoms with Gasteiger partial charge in [0.2, 0.25) is 0 Å². The van der Waals surface area contributed by atoms with Gasteiger partial charge < -0.3 is 0 Å². The summed E-state index contributed by atoms with van der Waals surface area (Å²) in [6, 6.07) is 0. The fourth-order valence-electron chi connectivity index (χ4n) is 1.04. The van der Waals surface area contributed by atoms with E-state index in [-0.39, 0.29) is 0 Å². The van der Waals surface area contributed by atoms with Gasteiger partial charge in [-0.15, -0.1) is 13.2 Å². The zero-order valence-corrected chi connectivity index (χ0v) is 13.7. The van der Waals surface area contributed by atoms with Gasteiger partial charge in [0.25, 0.3) is 0 Å². The third-order valence-electron chi connectivity index (χ3n) is 2.36. The van der Waals surface area contributed by atoms with Gasteiger partial charge in [0.1, 0.15) is 0 Å². The minimum absolute atomic E-state index is 1.21. The largest absolute Gasteiger partial charge is 0.527 e. The van der Waals surface area contributed by atoms with Crippen LogP contribution in [0.25, 0.3) is 0 Å². The zero-order chi connectivity index (χ0) is 27.3. The first-order valence-corrected chi connectivity index (χ1v) is 6.41. The normalized spacial score (nSPS) is 16.4. The van der Waals surface area contributed by atoms with Crippen molar-refractivity contribution in [1.29, 1.82) is 0 Å². The van der Waals surface area contributed by atoms with Crippen LogP contribution < -0.4 is 0 Å². The van der Waals surface area contributed by atoms with E-state index in [0.29, 0.717) is 0 Å². The quantitative estimate of drug-likeness (QED) is 0.299. The Kier molecular flexibility index (Phi) is 7.89. The molecule has 0 spiro atoms. The van der Waals surface area contributed by atoms with E-state index in [1.165, 1.54) is 18.9 Å². The Bertz CT molecular complexity index is 676. The first-order chi connectivity index (χ1) is 13.8. The van der Waals surface area contributed by atoms with Gasteiger partial charge in [-0.2, -0.15) is 74.6 Å². The molecule has 33 heavy (non-hydrogen) atoms. The Morgan fingerprint density at radius 1 is 0.242 bits per heavy atom. The molecule has 200 valence electrons. The summed E-state index contributed by atoms with van der Waals surface area (Å²) in [5.41, 5.74) is 0. The molecule has 0 aliphatic rings. The van der Waals surface area contributed by atoms with E-state index in [4.69, 9.17) is 0 Å². The van der Waals surface area contributed by atoms with E-state index in [0.717, 1.165) is 0 Å². The summed E-state index contributed by atoms with van der Waals surface area (Å²) in [5, 5.41) is 0. The minimum atomic E-state index is -7.80. The first-order valence-electron chi connectivity index (χ1n) is 6.41. The van der Waals surface area contributed by atoms with E-state index < -0.39 is 55.3 Å². The maximum atomic E-state index is 12.9. The Hall–Kier alpha value is -1.56. The van der Waals surface area contributed by atoms with Gasteiger partial charge in [-0.05, 0) is 0 Å². The molecule has 0 bridgehead atoms.